The first-order chi connectivity index (χ1) is 11.1. The third-order valence-corrected chi connectivity index (χ3v) is 6.39. The van der Waals surface area contributed by atoms with Gasteiger partial charge in [0.05, 0.1) is 0 Å². The highest BCUT2D eigenvalue weighted by Gasteiger charge is 2.68. The molecule has 2 unspecified atom stereocenters. The van der Waals surface area contributed by atoms with E-state index < -0.39 is 0 Å². The van der Waals surface area contributed by atoms with Crippen molar-refractivity contribution in [3.05, 3.63) is 94.1 Å². The minimum Gasteiger partial charge on any atom is -0.0651 e. The number of hydrogen-bond acceptors (Lipinski definition) is 0. The zero-order valence-electron chi connectivity index (χ0n) is 14.4. The van der Waals surface area contributed by atoms with Crippen LogP contribution < -0.4 is 0 Å². The molecule has 2 aliphatic carbocycles. The number of rotatable bonds is 2. The minimum atomic E-state index is 0.121. The predicted octanol–water partition coefficient (Wildman–Crippen LogP) is 5.91. The van der Waals surface area contributed by atoms with Gasteiger partial charge in [0.15, 0.2) is 0 Å². The molecule has 0 nitrogen and oxygen atoms in total. The van der Waals surface area contributed by atoms with Crippen molar-refractivity contribution < 1.29 is 0 Å². The van der Waals surface area contributed by atoms with E-state index in [2.05, 4.69) is 88.4 Å². The maximum absolute atomic E-state index is 2.34. The lowest BCUT2D eigenvalue weighted by atomic mass is 9.83. The van der Waals surface area contributed by atoms with Crippen LogP contribution in [0, 0.1) is 11.8 Å². The van der Waals surface area contributed by atoms with E-state index in [9.17, 15) is 0 Å². The second-order valence-electron chi connectivity index (χ2n) is 7.17. The van der Waals surface area contributed by atoms with Crippen molar-refractivity contribution >= 4 is 0 Å². The lowest BCUT2D eigenvalue weighted by Gasteiger charge is -2.20. The molecular weight excluding hydrogens is 276 g/mol. The van der Waals surface area contributed by atoms with Gasteiger partial charge in [-0.1, -0.05) is 71.8 Å². The summed E-state index contributed by atoms with van der Waals surface area (Å²) < 4.78 is 0. The standard InChI is InChI=1S/C23H24/c1-15-16(2)18(4)22-21(17(15)3)23(22,19-11-7-5-8-12-19)20-13-9-6-10-14-20/h5-14,21-22H,1-4H3. The smallest absolute Gasteiger partial charge is 0.0345 e. The maximum atomic E-state index is 2.34. The summed E-state index contributed by atoms with van der Waals surface area (Å²) in [5.74, 6) is 1.21. The molecule has 0 bridgehead atoms. The number of benzene rings is 2. The minimum absolute atomic E-state index is 0.121. The summed E-state index contributed by atoms with van der Waals surface area (Å²) in [4.78, 5) is 0. The first-order valence-corrected chi connectivity index (χ1v) is 8.56. The molecule has 0 aromatic heterocycles. The van der Waals surface area contributed by atoms with Gasteiger partial charge in [0.25, 0.3) is 0 Å². The van der Waals surface area contributed by atoms with E-state index in [0.29, 0.717) is 11.8 Å². The molecule has 4 rings (SSSR count). The molecule has 0 heteroatoms. The summed E-state index contributed by atoms with van der Waals surface area (Å²) in [6.45, 7) is 9.28. The zero-order chi connectivity index (χ0) is 16.2. The Morgan fingerprint density at radius 3 is 1.26 bits per heavy atom. The summed E-state index contributed by atoms with van der Waals surface area (Å²) in [7, 11) is 0. The highest BCUT2D eigenvalue weighted by atomic mass is 14.7. The highest BCUT2D eigenvalue weighted by Crippen LogP contribution is 2.71. The van der Waals surface area contributed by atoms with Crippen LogP contribution in [0.15, 0.2) is 83.0 Å². The lowest BCUT2D eigenvalue weighted by molar-refractivity contribution is 0.748. The monoisotopic (exact) mass is 300 g/mol. The van der Waals surface area contributed by atoms with Crippen molar-refractivity contribution in [1.29, 1.82) is 0 Å². The fourth-order valence-corrected chi connectivity index (χ4v) is 4.94. The van der Waals surface area contributed by atoms with Gasteiger partial charge >= 0.3 is 0 Å². The Kier molecular flexibility index (Phi) is 3.13. The first-order valence-electron chi connectivity index (χ1n) is 8.56. The molecule has 0 heterocycles. The van der Waals surface area contributed by atoms with Crippen LogP contribution in [0.1, 0.15) is 38.8 Å². The van der Waals surface area contributed by atoms with Gasteiger partial charge in [0.1, 0.15) is 0 Å². The Balaban J connectivity index is 1.99. The molecule has 0 amide bonds. The second kappa shape index (κ2) is 4.96. The van der Waals surface area contributed by atoms with E-state index in [-0.39, 0.29) is 5.41 Å². The summed E-state index contributed by atoms with van der Waals surface area (Å²) in [5, 5.41) is 0. The normalized spacial score (nSPS) is 25.4. The van der Waals surface area contributed by atoms with Crippen LogP contribution in [-0.4, -0.2) is 0 Å². The number of allylic oxidation sites excluding steroid dienone is 4. The average Bonchev–Trinajstić information content (AvgIpc) is 3.31. The summed E-state index contributed by atoms with van der Waals surface area (Å²) >= 11 is 0. The fraction of sp³-hybridized carbons (Fsp3) is 0.304. The number of hydrogen-bond donors (Lipinski definition) is 0. The molecule has 2 atom stereocenters. The topological polar surface area (TPSA) is 0 Å². The summed E-state index contributed by atoms with van der Waals surface area (Å²) in [6.07, 6.45) is 0. The highest BCUT2D eigenvalue weighted by molar-refractivity contribution is 5.62. The molecule has 23 heavy (non-hydrogen) atoms. The van der Waals surface area contributed by atoms with Crippen molar-refractivity contribution in [2.45, 2.75) is 33.1 Å². The second-order valence-corrected chi connectivity index (χ2v) is 7.17. The molecule has 2 aromatic carbocycles. The molecule has 2 aromatic rings. The molecule has 1 saturated carbocycles. The summed E-state index contributed by atoms with van der Waals surface area (Å²) in [5.41, 5.74) is 9.19. The average molecular weight is 300 g/mol. The molecule has 0 aliphatic heterocycles. The molecule has 116 valence electrons. The quantitative estimate of drug-likeness (QED) is 0.647. The van der Waals surface area contributed by atoms with Gasteiger partial charge in [-0.25, -0.2) is 0 Å². The Morgan fingerprint density at radius 2 is 0.913 bits per heavy atom. The lowest BCUT2D eigenvalue weighted by Crippen LogP contribution is -2.14. The van der Waals surface area contributed by atoms with E-state index in [1.54, 1.807) is 11.1 Å². The molecule has 0 saturated heterocycles. The Labute approximate surface area is 139 Å². The van der Waals surface area contributed by atoms with Crippen molar-refractivity contribution in [3.8, 4) is 0 Å². The molecule has 1 fully saturated rings. The van der Waals surface area contributed by atoms with Gasteiger partial charge in [-0.05, 0) is 50.0 Å². The first kappa shape index (κ1) is 14.5. The van der Waals surface area contributed by atoms with Crippen LogP contribution in [0.25, 0.3) is 0 Å². The van der Waals surface area contributed by atoms with E-state index in [0.717, 1.165) is 0 Å². The van der Waals surface area contributed by atoms with Crippen LogP contribution in [0.2, 0.25) is 0 Å². The number of fused-ring (bicyclic) bond motifs is 1. The fourth-order valence-electron chi connectivity index (χ4n) is 4.94. The van der Waals surface area contributed by atoms with E-state index in [1.807, 2.05) is 0 Å². The van der Waals surface area contributed by atoms with Gasteiger partial charge in [-0.2, -0.15) is 0 Å². The Hall–Kier alpha value is -2.08. The van der Waals surface area contributed by atoms with Gasteiger partial charge < -0.3 is 0 Å². The Bertz CT molecular complexity index is 734. The third kappa shape index (κ3) is 1.78. The van der Waals surface area contributed by atoms with Gasteiger partial charge in [0, 0.05) is 17.3 Å². The molecule has 2 aliphatic rings. The van der Waals surface area contributed by atoms with E-state index in [1.165, 1.54) is 22.3 Å². The maximum Gasteiger partial charge on any atom is 0.0345 e. The molecule has 0 radical (unpaired) electrons. The van der Waals surface area contributed by atoms with E-state index in [4.69, 9.17) is 0 Å². The van der Waals surface area contributed by atoms with Crippen LogP contribution in [-0.2, 0) is 5.41 Å². The zero-order valence-corrected chi connectivity index (χ0v) is 14.4. The Morgan fingerprint density at radius 1 is 0.565 bits per heavy atom. The molecule has 0 spiro atoms. The molecule has 0 N–H and O–H groups in total. The van der Waals surface area contributed by atoms with Crippen LogP contribution >= 0.6 is 0 Å². The predicted molar refractivity (Wildman–Crippen MR) is 97.4 cm³/mol. The van der Waals surface area contributed by atoms with Crippen molar-refractivity contribution in [3.63, 3.8) is 0 Å². The van der Waals surface area contributed by atoms with Crippen LogP contribution in [0.5, 0.6) is 0 Å². The van der Waals surface area contributed by atoms with Crippen molar-refractivity contribution in [1.82, 2.24) is 0 Å². The van der Waals surface area contributed by atoms with Gasteiger partial charge in [0.2, 0.25) is 0 Å². The van der Waals surface area contributed by atoms with Gasteiger partial charge in [-0.3, -0.25) is 0 Å². The van der Waals surface area contributed by atoms with Crippen LogP contribution in [0.3, 0.4) is 0 Å². The largest absolute Gasteiger partial charge is 0.0651 e. The third-order valence-electron chi connectivity index (χ3n) is 6.39. The van der Waals surface area contributed by atoms with Gasteiger partial charge in [-0.15, -0.1) is 0 Å². The van der Waals surface area contributed by atoms with Crippen molar-refractivity contribution in [2.24, 2.45) is 11.8 Å². The van der Waals surface area contributed by atoms with Crippen LogP contribution in [0.4, 0.5) is 0 Å². The van der Waals surface area contributed by atoms with E-state index >= 15 is 0 Å². The molecular formula is C23H24. The summed E-state index contributed by atoms with van der Waals surface area (Å²) in [6, 6.07) is 22.2. The SMILES string of the molecule is CC1=C(C)C2C(C(C)=C1C)C2(c1ccccc1)c1ccccc1. The van der Waals surface area contributed by atoms with Crippen molar-refractivity contribution in [2.75, 3.05) is 0 Å².